The van der Waals surface area contributed by atoms with Gasteiger partial charge in [0, 0.05) is 18.6 Å². The van der Waals surface area contributed by atoms with E-state index < -0.39 is 17.5 Å². The zero-order valence-electron chi connectivity index (χ0n) is 17.8. The van der Waals surface area contributed by atoms with Crippen LogP contribution in [0.1, 0.15) is 68.7 Å². The Hall–Kier alpha value is -2.08. The molecule has 0 amide bonds. The first-order valence-corrected chi connectivity index (χ1v) is 9.88. The molecule has 0 fully saturated rings. The van der Waals surface area contributed by atoms with E-state index in [1.165, 1.54) is 0 Å². The highest BCUT2D eigenvalue weighted by atomic mass is 16.6. The monoisotopic (exact) mass is 392 g/mol. The molecule has 6 heteroatoms. The van der Waals surface area contributed by atoms with Crippen LogP contribution in [-0.4, -0.2) is 35.4 Å². The minimum Gasteiger partial charge on any atom is -0.490 e. The van der Waals surface area contributed by atoms with E-state index in [1.54, 1.807) is 13.8 Å². The molecule has 0 radical (unpaired) electrons. The van der Waals surface area contributed by atoms with Crippen molar-refractivity contribution in [2.75, 3.05) is 6.61 Å². The molecule has 1 aliphatic heterocycles. The molecule has 1 atom stereocenters. The van der Waals surface area contributed by atoms with E-state index in [0.717, 1.165) is 40.8 Å². The molecule has 2 rings (SSSR count). The van der Waals surface area contributed by atoms with Gasteiger partial charge >= 0.3 is 11.9 Å². The maximum Gasteiger partial charge on any atom is 0.311 e. The van der Waals surface area contributed by atoms with Crippen molar-refractivity contribution in [3.8, 4) is 11.5 Å². The summed E-state index contributed by atoms with van der Waals surface area (Å²) >= 11 is 0. The van der Waals surface area contributed by atoms with Crippen LogP contribution in [0.3, 0.4) is 0 Å². The molecule has 1 N–H and O–H groups in total. The van der Waals surface area contributed by atoms with Gasteiger partial charge in [-0.2, -0.15) is 0 Å². The van der Waals surface area contributed by atoms with Gasteiger partial charge in [0.15, 0.2) is 0 Å². The Morgan fingerprint density at radius 2 is 1.75 bits per heavy atom. The third-order valence-corrected chi connectivity index (χ3v) is 5.28. The highest BCUT2D eigenvalue weighted by Crippen LogP contribution is 2.41. The summed E-state index contributed by atoms with van der Waals surface area (Å²) in [6, 6.07) is 0. The molecule has 1 aliphatic rings. The lowest BCUT2D eigenvalue weighted by molar-refractivity contribution is -0.159. The van der Waals surface area contributed by atoms with E-state index >= 15 is 0 Å². The maximum absolute atomic E-state index is 12.3. The minimum atomic E-state index is -0.754. The highest BCUT2D eigenvalue weighted by molar-refractivity contribution is 5.80. The third-order valence-electron chi connectivity index (χ3n) is 5.28. The van der Waals surface area contributed by atoms with Gasteiger partial charge in [0.25, 0.3) is 0 Å². The van der Waals surface area contributed by atoms with Crippen molar-refractivity contribution < 1.29 is 28.9 Å². The molecule has 156 valence electrons. The van der Waals surface area contributed by atoms with E-state index in [-0.39, 0.29) is 25.6 Å². The smallest absolute Gasteiger partial charge is 0.311 e. The van der Waals surface area contributed by atoms with Gasteiger partial charge in [0.2, 0.25) is 0 Å². The topological polar surface area (TPSA) is 82.1 Å². The first kappa shape index (κ1) is 22.2. The van der Waals surface area contributed by atoms with Gasteiger partial charge in [0.05, 0.1) is 18.9 Å². The normalized spacial score (nSPS) is 16.2. The molecule has 28 heavy (non-hydrogen) atoms. The lowest BCUT2D eigenvalue weighted by atomic mass is 9.92. The second-order valence-electron chi connectivity index (χ2n) is 8.16. The van der Waals surface area contributed by atoms with Crippen LogP contribution in [-0.2, 0) is 20.7 Å². The van der Waals surface area contributed by atoms with Gasteiger partial charge in [-0.25, -0.2) is 0 Å². The van der Waals surface area contributed by atoms with Gasteiger partial charge in [0.1, 0.15) is 17.1 Å². The second kappa shape index (κ2) is 8.95. The predicted molar refractivity (Wildman–Crippen MR) is 106 cm³/mol. The van der Waals surface area contributed by atoms with Crippen molar-refractivity contribution in [2.24, 2.45) is 0 Å². The zero-order chi connectivity index (χ0) is 21.1. The van der Waals surface area contributed by atoms with E-state index in [1.807, 2.05) is 20.8 Å². The molecule has 6 nitrogen and oxygen atoms in total. The van der Waals surface area contributed by atoms with Gasteiger partial charge in [-0.3, -0.25) is 9.59 Å². The summed E-state index contributed by atoms with van der Waals surface area (Å²) in [5.74, 6) is 0.525. The van der Waals surface area contributed by atoms with Crippen molar-refractivity contribution in [1.29, 1.82) is 0 Å². The largest absolute Gasteiger partial charge is 0.490 e. The Kier molecular flexibility index (Phi) is 7.10. The number of rotatable bonds is 7. The molecule has 0 aliphatic carbocycles. The van der Waals surface area contributed by atoms with Crippen LogP contribution in [0, 0.1) is 20.8 Å². The summed E-state index contributed by atoms with van der Waals surface area (Å²) in [6.45, 7) is 11.3. The summed E-state index contributed by atoms with van der Waals surface area (Å²) in [5, 5.41) is 9.00. The van der Waals surface area contributed by atoms with Gasteiger partial charge in [-0.1, -0.05) is 0 Å². The number of hydrogen-bond donors (Lipinski definition) is 1. The van der Waals surface area contributed by atoms with Crippen molar-refractivity contribution >= 4 is 11.9 Å². The fourth-order valence-corrected chi connectivity index (χ4v) is 3.43. The van der Waals surface area contributed by atoms with Crippen molar-refractivity contribution in [3.05, 3.63) is 22.3 Å². The molecular weight excluding hydrogens is 360 g/mol. The predicted octanol–water partition coefficient (Wildman–Crippen LogP) is 3.72. The molecule has 1 aromatic rings. The van der Waals surface area contributed by atoms with Crippen molar-refractivity contribution in [3.63, 3.8) is 0 Å². The molecule has 0 unspecified atom stereocenters. The number of ether oxygens (including phenoxy) is 3. The van der Waals surface area contributed by atoms with E-state index in [2.05, 4.69) is 6.92 Å². The summed E-state index contributed by atoms with van der Waals surface area (Å²) in [6.07, 6.45) is 2.22. The molecule has 0 bridgehead atoms. The number of aliphatic hydroxyl groups excluding tert-OH is 1. The number of esters is 2. The van der Waals surface area contributed by atoms with Crippen LogP contribution in [0.5, 0.6) is 11.5 Å². The number of fused-ring (bicyclic) bond motifs is 1. The standard InChI is InChI=1S/C22H32O6/c1-13-7-8-17-16(4)20(14(2)15(3)21(17)26-13)27-18(24)9-10-19(25)28-22(5,6)11-12-23/h13,23H,7-12H2,1-6H3/t13-/m1/s1. The number of hydrogen-bond acceptors (Lipinski definition) is 6. The molecule has 0 spiro atoms. The number of benzene rings is 1. The zero-order valence-corrected chi connectivity index (χ0v) is 17.8. The fourth-order valence-electron chi connectivity index (χ4n) is 3.43. The van der Waals surface area contributed by atoms with E-state index in [4.69, 9.17) is 19.3 Å². The Morgan fingerprint density at radius 3 is 2.39 bits per heavy atom. The van der Waals surface area contributed by atoms with Gasteiger partial charge in [-0.15, -0.1) is 0 Å². The lowest BCUT2D eigenvalue weighted by Gasteiger charge is -2.28. The van der Waals surface area contributed by atoms with Crippen molar-refractivity contribution in [1.82, 2.24) is 0 Å². The Morgan fingerprint density at radius 1 is 1.11 bits per heavy atom. The SMILES string of the molecule is Cc1c(C)c2c(c(C)c1OC(=O)CCC(=O)OC(C)(C)CCO)CC[C@@H](C)O2. The Balaban J connectivity index is 2.05. The number of carbonyl (C=O) groups is 2. The molecule has 0 saturated carbocycles. The van der Waals surface area contributed by atoms with Crippen LogP contribution < -0.4 is 9.47 Å². The first-order chi connectivity index (χ1) is 13.1. The second-order valence-corrected chi connectivity index (χ2v) is 8.16. The maximum atomic E-state index is 12.3. The molecule has 0 aromatic heterocycles. The van der Waals surface area contributed by atoms with Crippen LogP contribution in [0.4, 0.5) is 0 Å². The summed E-state index contributed by atoms with van der Waals surface area (Å²) in [7, 11) is 0. The fraction of sp³-hybridized carbons (Fsp3) is 0.636. The lowest BCUT2D eigenvalue weighted by Crippen LogP contribution is -2.29. The first-order valence-electron chi connectivity index (χ1n) is 9.88. The van der Waals surface area contributed by atoms with Gasteiger partial charge in [-0.05, 0) is 71.1 Å². The molecule has 0 saturated heterocycles. The van der Waals surface area contributed by atoms with Crippen LogP contribution in [0.2, 0.25) is 0 Å². The average Bonchev–Trinajstić information content (AvgIpc) is 2.61. The summed E-state index contributed by atoms with van der Waals surface area (Å²) < 4.78 is 17.0. The molecule has 1 aromatic carbocycles. The summed E-state index contributed by atoms with van der Waals surface area (Å²) in [4.78, 5) is 24.3. The average molecular weight is 392 g/mol. The van der Waals surface area contributed by atoms with Crippen LogP contribution in [0.15, 0.2) is 0 Å². The van der Waals surface area contributed by atoms with E-state index in [9.17, 15) is 9.59 Å². The summed E-state index contributed by atoms with van der Waals surface area (Å²) in [5.41, 5.74) is 3.12. The highest BCUT2D eigenvalue weighted by Gasteiger charge is 2.26. The Labute approximate surface area is 167 Å². The van der Waals surface area contributed by atoms with Crippen LogP contribution in [0.25, 0.3) is 0 Å². The van der Waals surface area contributed by atoms with Crippen molar-refractivity contribution in [2.45, 2.75) is 85.4 Å². The number of aliphatic hydroxyl groups is 1. The third kappa shape index (κ3) is 5.25. The molecule has 1 heterocycles. The molecular formula is C22H32O6. The number of carbonyl (C=O) groups excluding carboxylic acids is 2. The van der Waals surface area contributed by atoms with E-state index in [0.29, 0.717) is 12.2 Å². The minimum absolute atomic E-state index is 0.0589. The quantitative estimate of drug-likeness (QED) is 0.563. The van der Waals surface area contributed by atoms with Gasteiger partial charge < -0.3 is 19.3 Å². The van der Waals surface area contributed by atoms with Crippen LogP contribution >= 0.6 is 0 Å². The Bertz CT molecular complexity index is 750.